The highest BCUT2D eigenvalue weighted by molar-refractivity contribution is 7.19. The van der Waals surface area contributed by atoms with Gasteiger partial charge in [-0.15, -0.1) is 0 Å². The van der Waals surface area contributed by atoms with Gasteiger partial charge in [0.25, 0.3) is 0 Å². The van der Waals surface area contributed by atoms with Gasteiger partial charge < -0.3 is 5.11 Å². The van der Waals surface area contributed by atoms with Gasteiger partial charge in [0.15, 0.2) is 4.96 Å². The molecule has 2 aromatic rings. The van der Waals surface area contributed by atoms with Crippen LogP contribution in [-0.2, 0) is 0 Å². The van der Waals surface area contributed by atoms with Gasteiger partial charge in [0.2, 0.25) is 0 Å². The van der Waals surface area contributed by atoms with Crippen molar-refractivity contribution in [1.29, 1.82) is 0 Å². The lowest BCUT2D eigenvalue weighted by Crippen LogP contribution is -2.14. The van der Waals surface area contributed by atoms with Crippen LogP contribution in [0.5, 0.6) is 0 Å². The molecule has 5 heteroatoms. The molecule has 4 nitrogen and oxygen atoms in total. The molecule has 0 amide bonds. The minimum absolute atomic E-state index is 0.416. The van der Waals surface area contributed by atoms with Gasteiger partial charge in [-0.2, -0.15) is 0 Å². The van der Waals surface area contributed by atoms with Gasteiger partial charge in [-0.1, -0.05) is 17.8 Å². The Kier molecular flexibility index (Phi) is 1.82. The molecule has 1 fully saturated rings. The van der Waals surface area contributed by atoms with Crippen molar-refractivity contribution in [3.63, 3.8) is 0 Å². The summed E-state index contributed by atoms with van der Waals surface area (Å²) in [7, 11) is 0. The number of carbonyl (C=O) groups is 1. The predicted octanol–water partition coefficient (Wildman–Crippen LogP) is 2.36. The van der Waals surface area contributed by atoms with Gasteiger partial charge in [-0.25, -0.2) is 9.78 Å². The molecule has 3 rings (SSSR count). The van der Waals surface area contributed by atoms with Crippen molar-refractivity contribution >= 4 is 22.3 Å². The van der Waals surface area contributed by atoms with Crippen LogP contribution in [0.25, 0.3) is 4.96 Å². The first-order chi connectivity index (χ1) is 7.27. The molecule has 0 unspecified atom stereocenters. The van der Waals surface area contributed by atoms with Crippen molar-refractivity contribution in [1.82, 2.24) is 9.38 Å². The van der Waals surface area contributed by atoms with E-state index in [1.165, 1.54) is 17.8 Å². The maximum Gasteiger partial charge on any atom is 0.347 e. The lowest BCUT2D eigenvalue weighted by Gasteiger charge is -2.25. The zero-order chi connectivity index (χ0) is 10.4. The van der Waals surface area contributed by atoms with Crippen molar-refractivity contribution < 1.29 is 9.90 Å². The Hall–Kier alpha value is -1.36. The number of carboxylic acids is 1. The number of aromatic nitrogens is 2. The summed E-state index contributed by atoms with van der Waals surface area (Å²) in [5.41, 5.74) is 0.950. The van der Waals surface area contributed by atoms with Crippen molar-refractivity contribution in [3.8, 4) is 0 Å². The molecular weight excluding hydrogens is 212 g/mol. The molecular formula is C10H10N2O2S. The van der Waals surface area contributed by atoms with Gasteiger partial charge in [-0.05, 0) is 12.8 Å². The van der Waals surface area contributed by atoms with Gasteiger partial charge in [0.05, 0.1) is 5.69 Å². The maximum absolute atomic E-state index is 11.1. The molecule has 15 heavy (non-hydrogen) atoms. The summed E-state index contributed by atoms with van der Waals surface area (Å²) in [5, 5.41) is 9.12. The molecule has 0 aromatic carbocycles. The van der Waals surface area contributed by atoms with Crippen LogP contribution in [-0.4, -0.2) is 20.5 Å². The predicted molar refractivity (Wildman–Crippen MR) is 56.6 cm³/mol. The molecule has 0 spiro atoms. The fraction of sp³-hybridized carbons (Fsp3) is 0.400. The zero-order valence-electron chi connectivity index (χ0n) is 8.01. The normalized spacial score (nSPS) is 16.8. The van der Waals surface area contributed by atoms with Gasteiger partial charge in [0.1, 0.15) is 4.88 Å². The maximum atomic E-state index is 11.1. The van der Waals surface area contributed by atoms with Gasteiger partial charge in [0, 0.05) is 18.3 Å². The second-order valence-corrected chi connectivity index (χ2v) is 4.81. The lowest BCUT2D eigenvalue weighted by molar-refractivity contribution is 0.0699. The van der Waals surface area contributed by atoms with Crippen LogP contribution in [0.3, 0.4) is 0 Å². The molecule has 1 N–H and O–H groups in total. The number of thiazole rings is 1. The van der Waals surface area contributed by atoms with E-state index in [4.69, 9.17) is 5.11 Å². The van der Waals surface area contributed by atoms with Crippen LogP contribution in [0.1, 0.15) is 40.5 Å². The van der Waals surface area contributed by atoms with Crippen LogP contribution in [0.15, 0.2) is 12.4 Å². The van der Waals surface area contributed by atoms with E-state index in [1.807, 2.05) is 10.6 Å². The second-order valence-electron chi connectivity index (χ2n) is 3.83. The van der Waals surface area contributed by atoms with E-state index in [-0.39, 0.29) is 0 Å². The van der Waals surface area contributed by atoms with E-state index < -0.39 is 5.97 Å². The molecule has 1 aliphatic carbocycles. The molecule has 0 atom stereocenters. The number of fused-ring (bicyclic) bond motifs is 1. The Morgan fingerprint density at radius 1 is 1.60 bits per heavy atom. The summed E-state index contributed by atoms with van der Waals surface area (Å²) >= 11 is 1.27. The molecule has 0 aliphatic heterocycles. The SMILES string of the molecule is O=C(O)c1sc2nccn2c1C1CCC1. The summed E-state index contributed by atoms with van der Waals surface area (Å²) in [5.74, 6) is -0.411. The zero-order valence-corrected chi connectivity index (χ0v) is 8.83. The minimum Gasteiger partial charge on any atom is -0.477 e. The molecule has 0 saturated heterocycles. The van der Waals surface area contributed by atoms with E-state index in [9.17, 15) is 4.79 Å². The summed E-state index contributed by atoms with van der Waals surface area (Å²) in [6.45, 7) is 0. The van der Waals surface area contributed by atoms with Crippen LogP contribution < -0.4 is 0 Å². The number of aromatic carboxylic acids is 1. The second kappa shape index (κ2) is 3.06. The number of imidazole rings is 1. The van der Waals surface area contributed by atoms with E-state index in [1.54, 1.807) is 6.20 Å². The highest BCUT2D eigenvalue weighted by Gasteiger charge is 2.29. The fourth-order valence-electron chi connectivity index (χ4n) is 2.02. The molecule has 1 saturated carbocycles. The highest BCUT2D eigenvalue weighted by atomic mass is 32.1. The largest absolute Gasteiger partial charge is 0.477 e. The first-order valence-corrected chi connectivity index (χ1v) is 5.78. The Bertz CT molecular complexity index is 524. The number of hydrogen-bond donors (Lipinski definition) is 1. The summed E-state index contributed by atoms with van der Waals surface area (Å²) in [4.78, 5) is 16.5. The lowest BCUT2D eigenvalue weighted by atomic mass is 9.82. The Labute approximate surface area is 90.2 Å². The third kappa shape index (κ3) is 1.19. The number of hydrogen-bond acceptors (Lipinski definition) is 3. The van der Waals surface area contributed by atoms with E-state index in [2.05, 4.69) is 4.98 Å². The molecule has 1 aliphatic rings. The van der Waals surface area contributed by atoms with E-state index >= 15 is 0 Å². The van der Waals surface area contributed by atoms with Crippen molar-refractivity contribution in [3.05, 3.63) is 23.0 Å². The molecule has 0 radical (unpaired) electrons. The molecule has 78 valence electrons. The Morgan fingerprint density at radius 3 is 3.00 bits per heavy atom. The first-order valence-electron chi connectivity index (χ1n) is 4.96. The van der Waals surface area contributed by atoms with E-state index in [0.717, 1.165) is 23.5 Å². The number of carboxylic acid groups (broad SMARTS) is 1. The van der Waals surface area contributed by atoms with Crippen LogP contribution >= 0.6 is 11.3 Å². The summed E-state index contributed by atoms with van der Waals surface area (Å²) in [6, 6.07) is 0. The molecule has 0 bridgehead atoms. The highest BCUT2D eigenvalue weighted by Crippen LogP contribution is 2.40. The topological polar surface area (TPSA) is 54.6 Å². The van der Waals surface area contributed by atoms with Crippen molar-refractivity contribution in [2.24, 2.45) is 0 Å². The third-order valence-electron chi connectivity index (χ3n) is 2.98. The Morgan fingerprint density at radius 2 is 2.40 bits per heavy atom. The summed E-state index contributed by atoms with van der Waals surface area (Å²) in [6.07, 6.45) is 6.98. The smallest absolute Gasteiger partial charge is 0.347 e. The molecule has 2 aromatic heterocycles. The third-order valence-corrected chi connectivity index (χ3v) is 4.05. The van der Waals surface area contributed by atoms with Crippen molar-refractivity contribution in [2.75, 3.05) is 0 Å². The Balaban J connectivity index is 2.23. The molecule has 2 heterocycles. The average Bonchev–Trinajstić information content (AvgIpc) is 2.63. The van der Waals surface area contributed by atoms with Crippen LogP contribution in [0.4, 0.5) is 0 Å². The average molecular weight is 222 g/mol. The number of nitrogens with zero attached hydrogens (tertiary/aromatic N) is 2. The van der Waals surface area contributed by atoms with Crippen LogP contribution in [0.2, 0.25) is 0 Å². The quantitative estimate of drug-likeness (QED) is 0.848. The summed E-state index contributed by atoms with van der Waals surface area (Å²) < 4.78 is 1.93. The van der Waals surface area contributed by atoms with E-state index in [0.29, 0.717) is 10.8 Å². The minimum atomic E-state index is -0.826. The number of rotatable bonds is 2. The van der Waals surface area contributed by atoms with Crippen LogP contribution in [0, 0.1) is 0 Å². The monoisotopic (exact) mass is 222 g/mol. The van der Waals surface area contributed by atoms with Gasteiger partial charge in [-0.3, -0.25) is 4.40 Å². The fourth-order valence-corrected chi connectivity index (χ4v) is 3.03. The van der Waals surface area contributed by atoms with Gasteiger partial charge >= 0.3 is 5.97 Å². The van der Waals surface area contributed by atoms with Crippen molar-refractivity contribution in [2.45, 2.75) is 25.2 Å². The standard InChI is InChI=1S/C10H10N2O2S/c13-9(14)8-7(6-2-1-3-6)12-5-4-11-10(12)15-8/h4-6H,1-3H2,(H,13,14). The first kappa shape index (κ1) is 8.91.